The summed E-state index contributed by atoms with van der Waals surface area (Å²) in [4.78, 5) is 12.9. The third kappa shape index (κ3) is 1.38. The number of carbonyl (C=O) groups excluding carboxylic acids is 1. The molecule has 1 saturated heterocycles. The lowest BCUT2D eigenvalue weighted by atomic mass is 10.1. The average Bonchev–Trinajstić information content (AvgIpc) is 2.19. The van der Waals surface area contributed by atoms with Crippen LogP contribution in [-0.2, 0) is 4.79 Å². The number of amides is 1. The SMILES string of the molecule is NC1CN(c2cccc(Cl)c2Cl)C1=O. The molecule has 1 heterocycles. The summed E-state index contributed by atoms with van der Waals surface area (Å²) in [5.41, 5.74) is 6.10. The topological polar surface area (TPSA) is 46.3 Å². The summed E-state index contributed by atoms with van der Waals surface area (Å²) < 4.78 is 0. The van der Waals surface area contributed by atoms with Crippen molar-refractivity contribution in [2.75, 3.05) is 11.4 Å². The zero-order valence-electron chi connectivity index (χ0n) is 7.21. The van der Waals surface area contributed by atoms with Crippen LogP contribution in [0.5, 0.6) is 0 Å². The molecule has 14 heavy (non-hydrogen) atoms. The first-order valence-electron chi connectivity index (χ1n) is 4.12. The third-order valence-electron chi connectivity index (χ3n) is 2.18. The van der Waals surface area contributed by atoms with Crippen molar-refractivity contribution in [1.82, 2.24) is 0 Å². The first-order valence-corrected chi connectivity index (χ1v) is 4.88. The highest BCUT2D eigenvalue weighted by molar-refractivity contribution is 6.44. The molecule has 1 aromatic carbocycles. The van der Waals surface area contributed by atoms with E-state index in [1.165, 1.54) is 4.90 Å². The fraction of sp³-hybridized carbons (Fsp3) is 0.222. The second kappa shape index (κ2) is 3.42. The molecule has 1 fully saturated rings. The van der Waals surface area contributed by atoms with Gasteiger partial charge in [-0.1, -0.05) is 29.3 Å². The number of hydrogen-bond acceptors (Lipinski definition) is 2. The Morgan fingerprint density at radius 3 is 2.71 bits per heavy atom. The molecule has 3 nitrogen and oxygen atoms in total. The monoisotopic (exact) mass is 230 g/mol. The molecular weight excluding hydrogens is 223 g/mol. The van der Waals surface area contributed by atoms with E-state index in [1.54, 1.807) is 18.2 Å². The smallest absolute Gasteiger partial charge is 0.245 e. The molecule has 0 aliphatic carbocycles. The van der Waals surface area contributed by atoms with Gasteiger partial charge < -0.3 is 10.6 Å². The number of anilines is 1. The predicted octanol–water partition coefficient (Wildman–Crippen LogP) is 1.67. The third-order valence-corrected chi connectivity index (χ3v) is 2.99. The van der Waals surface area contributed by atoms with E-state index < -0.39 is 6.04 Å². The van der Waals surface area contributed by atoms with E-state index in [9.17, 15) is 4.79 Å². The lowest BCUT2D eigenvalue weighted by molar-refractivity contribution is -0.123. The minimum atomic E-state index is -0.398. The average molecular weight is 231 g/mol. The minimum absolute atomic E-state index is 0.117. The Kier molecular flexibility index (Phi) is 2.39. The van der Waals surface area contributed by atoms with E-state index in [2.05, 4.69) is 0 Å². The molecule has 0 spiro atoms. The second-order valence-corrected chi connectivity index (χ2v) is 3.91. The van der Waals surface area contributed by atoms with Crippen LogP contribution in [0.25, 0.3) is 0 Å². The summed E-state index contributed by atoms with van der Waals surface area (Å²) in [6.45, 7) is 0.499. The fourth-order valence-electron chi connectivity index (χ4n) is 1.37. The van der Waals surface area contributed by atoms with E-state index >= 15 is 0 Å². The van der Waals surface area contributed by atoms with Gasteiger partial charge in [-0.05, 0) is 12.1 Å². The fourth-order valence-corrected chi connectivity index (χ4v) is 1.77. The maximum absolute atomic E-state index is 11.3. The van der Waals surface area contributed by atoms with E-state index in [-0.39, 0.29) is 5.91 Å². The van der Waals surface area contributed by atoms with Crippen molar-refractivity contribution in [2.45, 2.75) is 6.04 Å². The van der Waals surface area contributed by atoms with Crippen LogP contribution < -0.4 is 10.6 Å². The Morgan fingerprint density at radius 2 is 2.14 bits per heavy atom. The van der Waals surface area contributed by atoms with Crippen LogP contribution in [0.4, 0.5) is 5.69 Å². The lowest BCUT2D eigenvalue weighted by Crippen LogP contribution is -2.61. The van der Waals surface area contributed by atoms with Gasteiger partial charge in [0.25, 0.3) is 0 Å². The number of nitrogens with two attached hydrogens (primary N) is 1. The highest BCUT2D eigenvalue weighted by Crippen LogP contribution is 2.34. The molecule has 2 rings (SSSR count). The highest BCUT2D eigenvalue weighted by Gasteiger charge is 2.35. The summed E-state index contributed by atoms with van der Waals surface area (Å²) >= 11 is 11.8. The first kappa shape index (κ1) is 9.77. The predicted molar refractivity (Wildman–Crippen MR) is 56.8 cm³/mol. The summed E-state index contributed by atoms with van der Waals surface area (Å²) in [5.74, 6) is -0.117. The lowest BCUT2D eigenvalue weighted by Gasteiger charge is -2.36. The number of nitrogens with zero attached hydrogens (tertiary/aromatic N) is 1. The van der Waals surface area contributed by atoms with E-state index in [4.69, 9.17) is 28.9 Å². The van der Waals surface area contributed by atoms with E-state index in [0.29, 0.717) is 22.3 Å². The summed E-state index contributed by atoms with van der Waals surface area (Å²) in [6, 6.07) is 4.78. The van der Waals surface area contributed by atoms with E-state index in [1.807, 2.05) is 0 Å². The molecule has 1 atom stereocenters. The molecule has 1 unspecified atom stereocenters. The number of β-lactam (4-membered cyclic amide) rings is 1. The second-order valence-electron chi connectivity index (χ2n) is 3.13. The minimum Gasteiger partial charge on any atom is -0.318 e. The van der Waals surface area contributed by atoms with Gasteiger partial charge >= 0.3 is 0 Å². The maximum Gasteiger partial charge on any atom is 0.245 e. The number of halogens is 2. The molecule has 1 aliphatic rings. The molecule has 2 N–H and O–H groups in total. The van der Waals surface area contributed by atoms with Crippen LogP contribution in [0.3, 0.4) is 0 Å². The van der Waals surface area contributed by atoms with Crippen molar-refractivity contribution in [1.29, 1.82) is 0 Å². The Morgan fingerprint density at radius 1 is 1.43 bits per heavy atom. The Labute approximate surface area is 91.4 Å². The summed E-state index contributed by atoms with van der Waals surface area (Å²) in [5, 5.41) is 0.840. The van der Waals surface area contributed by atoms with Crippen LogP contribution in [0, 0.1) is 0 Å². The van der Waals surface area contributed by atoms with Crippen LogP contribution in [0.1, 0.15) is 0 Å². The quantitative estimate of drug-likeness (QED) is 0.747. The number of carbonyl (C=O) groups is 1. The largest absolute Gasteiger partial charge is 0.318 e. The molecule has 74 valence electrons. The molecule has 1 aromatic rings. The Bertz CT molecular complexity index is 394. The molecular formula is C9H8Cl2N2O. The Balaban J connectivity index is 2.34. The summed E-state index contributed by atoms with van der Waals surface area (Å²) in [6.07, 6.45) is 0. The highest BCUT2D eigenvalue weighted by atomic mass is 35.5. The van der Waals surface area contributed by atoms with E-state index in [0.717, 1.165) is 0 Å². The molecule has 0 radical (unpaired) electrons. The van der Waals surface area contributed by atoms with Crippen LogP contribution in [0.15, 0.2) is 18.2 Å². The normalized spacial score (nSPS) is 20.9. The van der Waals surface area contributed by atoms with Crippen molar-refractivity contribution in [2.24, 2.45) is 5.73 Å². The molecule has 0 bridgehead atoms. The number of rotatable bonds is 1. The van der Waals surface area contributed by atoms with Gasteiger partial charge in [0, 0.05) is 0 Å². The van der Waals surface area contributed by atoms with Gasteiger partial charge in [-0.3, -0.25) is 4.79 Å². The van der Waals surface area contributed by atoms with Gasteiger partial charge in [0.1, 0.15) is 6.04 Å². The molecule has 1 amide bonds. The summed E-state index contributed by atoms with van der Waals surface area (Å²) in [7, 11) is 0. The van der Waals surface area contributed by atoms with Gasteiger partial charge in [0.2, 0.25) is 5.91 Å². The molecule has 0 aromatic heterocycles. The van der Waals surface area contributed by atoms with Crippen LogP contribution in [0.2, 0.25) is 10.0 Å². The number of hydrogen-bond donors (Lipinski definition) is 1. The van der Waals surface area contributed by atoms with Gasteiger partial charge in [0.15, 0.2) is 0 Å². The zero-order chi connectivity index (χ0) is 10.3. The van der Waals surface area contributed by atoms with Crippen molar-refractivity contribution in [3.63, 3.8) is 0 Å². The standard InChI is InChI=1S/C9H8Cl2N2O/c10-5-2-1-3-7(8(5)11)13-4-6(12)9(13)14/h1-3,6H,4,12H2. The van der Waals surface area contributed by atoms with Crippen molar-refractivity contribution in [3.8, 4) is 0 Å². The van der Waals surface area contributed by atoms with Gasteiger partial charge in [-0.15, -0.1) is 0 Å². The number of benzene rings is 1. The molecule has 5 heteroatoms. The maximum atomic E-state index is 11.3. The van der Waals surface area contributed by atoms with Crippen LogP contribution in [-0.4, -0.2) is 18.5 Å². The van der Waals surface area contributed by atoms with Crippen molar-refractivity contribution in [3.05, 3.63) is 28.2 Å². The van der Waals surface area contributed by atoms with Crippen molar-refractivity contribution >= 4 is 34.8 Å². The first-order chi connectivity index (χ1) is 6.61. The van der Waals surface area contributed by atoms with Crippen molar-refractivity contribution < 1.29 is 4.79 Å². The zero-order valence-corrected chi connectivity index (χ0v) is 8.72. The van der Waals surface area contributed by atoms with Gasteiger partial charge in [-0.25, -0.2) is 0 Å². The Hall–Kier alpha value is -0.770. The van der Waals surface area contributed by atoms with Crippen LogP contribution >= 0.6 is 23.2 Å². The molecule has 1 aliphatic heterocycles. The molecule has 0 saturated carbocycles. The van der Waals surface area contributed by atoms with Gasteiger partial charge in [-0.2, -0.15) is 0 Å². The van der Waals surface area contributed by atoms with Gasteiger partial charge in [0.05, 0.1) is 22.3 Å².